The molecule has 24 heavy (non-hydrogen) atoms. The summed E-state index contributed by atoms with van der Waals surface area (Å²) in [6, 6.07) is 7.01. The lowest BCUT2D eigenvalue weighted by Crippen LogP contribution is -2.17. The van der Waals surface area contributed by atoms with Gasteiger partial charge >= 0.3 is 0 Å². The van der Waals surface area contributed by atoms with E-state index in [0.29, 0.717) is 5.04 Å². The van der Waals surface area contributed by atoms with E-state index in [1.165, 1.54) is 47.9 Å². The Morgan fingerprint density at radius 2 is 1.83 bits per heavy atom. The summed E-state index contributed by atoms with van der Waals surface area (Å²) in [5.74, 6) is 0. The predicted molar refractivity (Wildman–Crippen MR) is 110 cm³/mol. The van der Waals surface area contributed by atoms with E-state index in [1.807, 2.05) is 0 Å². The van der Waals surface area contributed by atoms with Gasteiger partial charge in [-0.1, -0.05) is 85.2 Å². The summed E-state index contributed by atoms with van der Waals surface area (Å²) < 4.78 is 0. The number of allylic oxidation sites excluding steroid dienone is 8. The van der Waals surface area contributed by atoms with E-state index in [1.54, 1.807) is 10.8 Å². The molecule has 0 radical (unpaired) electrons. The third-order valence-corrected chi connectivity index (χ3v) is 7.76. The maximum absolute atomic E-state index is 2.51. The van der Waals surface area contributed by atoms with Crippen LogP contribution in [0.25, 0.3) is 5.57 Å². The Labute approximate surface area is 149 Å². The predicted octanol–water partition coefficient (Wildman–Crippen LogP) is 6.01. The van der Waals surface area contributed by atoms with Crippen molar-refractivity contribution in [2.75, 3.05) is 0 Å². The summed E-state index contributed by atoms with van der Waals surface area (Å²) in [5.41, 5.74) is 7.40. The standard InChI is InChI=1S/C23H30Si/c1-5-9-21-20(19-15-17(2)14-18(3)16-19)10-11-22(21)24-23(4)12-7-6-8-13-23/h6-8,10,12,14-16H,5,9,11,13,24H2,1-4H3. The zero-order chi connectivity index (χ0) is 17.2. The van der Waals surface area contributed by atoms with Gasteiger partial charge in [-0.25, -0.2) is 0 Å². The molecule has 2 aliphatic rings. The van der Waals surface area contributed by atoms with Crippen LogP contribution in [-0.2, 0) is 0 Å². The molecule has 0 nitrogen and oxygen atoms in total. The first kappa shape index (κ1) is 17.2. The summed E-state index contributed by atoms with van der Waals surface area (Å²) in [6.07, 6.45) is 16.7. The van der Waals surface area contributed by atoms with Crippen LogP contribution in [0.3, 0.4) is 0 Å². The average Bonchev–Trinajstić information content (AvgIpc) is 2.90. The van der Waals surface area contributed by atoms with Gasteiger partial charge in [0, 0.05) is 0 Å². The number of benzene rings is 1. The Bertz CT molecular complexity index is 725. The first-order valence-corrected chi connectivity index (χ1v) is 10.8. The smallest absolute Gasteiger partial charge is 0.0612 e. The Balaban J connectivity index is 1.92. The van der Waals surface area contributed by atoms with E-state index in [-0.39, 0.29) is 9.52 Å². The Morgan fingerprint density at radius 3 is 2.46 bits per heavy atom. The third-order valence-electron chi connectivity index (χ3n) is 5.28. The summed E-state index contributed by atoms with van der Waals surface area (Å²) in [5, 5.41) is 2.22. The fraction of sp³-hybridized carbons (Fsp3) is 0.391. The molecule has 0 bridgehead atoms. The molecule has 1 heteroatoms. The highest BCUT2D eigenvalue weighted by molar-refractivity contribution is 6.51. The number of rotatable bonds is 5. The molecule has 0 heterocycles. The monoisotopic (exact) mass is 334 g/mol. The van der Waals surface area contributed by atoms with Crippen LogP contribution in [0.15, 0.2) is 59.3 Å². The van der Waals surface area contributed by atoms with Gasteiger partial charge in [0.15, 0.2) is 0 Å². The van der Waals surface area contributed by atoms with E-state index in [0.717, 1.165) is 0 Å². The van der Waals surface area contributed by atoms with E-state index >= 15 is 0 Å². The molecule has 1 aromatic rings. The minimum absolute atomic E-state index is 0.289. The molecular weight excluding hydrogens is 304 g/mol. The molecule has 0 N–H and O–H groups in total. The van der Waals surface area contributed by atoms with Crippen LogP contribution >= 0.6 is 0 Å². The quantitative estimate of drug-likeness (QED) is 0.579. The molecule has 126 valence electrons. The van der Waals surface area contributed by atoms with Gasteiger partial charge in [-0.15, -0.1) is 0 Å². The highest BCUT2D eigenvalue weighted by Gasteiger charge is 2.27. The van der Waals surface area contributed by atoms with Crippen LogP contribution in [0.2, 0.25) is 5.04 Å². The second-order valence-corrected chi connectivity index (χ2v) is 10.7. The molecule has 0 aromatic heterocycles. The Kier molecular flexibility index (Phi) is 5.10. The molecule has 1 atom stereocenters. The van der Waals surface area contributed by atoms with Gasteiger partial charge in [-0.2, -0.15) is 0 Å². The van der Waals surface area contributed by atoms with Crippen LogP contribution in [0, 0.1) is 13.8 Å². The summed E-state index contributed by atoms with van der Waals surface area (Å²) in [6.45, 7) is 9.20. The summed E-state index contributed by atoms with van der Waals surface area (Å²) >= 11 is 0. The van der Waals surface area contributed by atoms with Crippen molar-refractivity contribution in [1.29, 1.82) is 0 Å². The molecule has 0 saturated carbocycles. The van der Waals surface area contributed by atoms with Crippen LogP contribution in [-0.4, -0.2) is 9.52 Å². The summed E-state index contributed by atoms with van der Waals surface area (Å²) in [4.78, 5) is 0. The molecule has 0 spiro atoms. The highest BCUT2D eigenvalue weighted by Crippen LogP contribution is 2.42. The molecule has 1 aromatic carbocycles. The highest BCUT2D eigenvalue weighted by atomic mass is 28.2. The van der Waals surface area contributed by atoms with E-state index in [2.05, 4.69) is 76.3 Å². The zero-order valence-corrected chi connectivity index (χ0v) is 17.1. The van der Waals surface area contributed by atoms with Gasteiger partial charge in [0.05, 0.1) is 9.52 Å². The number of hydrogen-bond donors (Lipinski definition) is 0. The van der Waals surface area contributed by atoms with E-state index in [9.17, 15) is 0 Å². The minimum Gasteiger partial charge on any atom is -0.0840 e. The van der Waals surface area contributed by atoms with Gasteiger partial charge in [-0.3, -0.25) is 0 Å². The Hall–Kier alpha value is -1.60. The van der Waals surface area contributed by atoms with Gasteiger partial charge < -0.3 is 0 Å². The van der Waals surface area contributed by atoms with E-state index in [4.69, 9.17) is 0 Å². The maximum Gasteiger partial charge on any atom is 0.0612 e. The normalized spacial score (nSPS) is 23.6. The van der Waals surface area contributed by atoms with Gasteiger partial charge in [0.25, 0.3) is 0 Å². The minimum atomic E-state index is -0.289. The lowest BCUT2D eigenvalue weighted by molar-refractivity contribution is 0.753. The third kappa shape index (κ3) is 3.72. The van der Waals surface area contributed by atoms with Crippen molar-refractivity contribution in [1.82, 2.24) is 0 Å². The molecule has 2 aliphatic carbocycles. The molecule has 3 rings (SSSR count). The van der Waals surface area contributed by atoms with Crippen molar-refractivity contribution in [3.05, 3.63) is 76.0 Å². The molecule has 0 aliphatic heterocycles. The maximum atomic E-state index is 2.51. The van der Waals surface area contributed by atoms with Crippen LogP contribution in [0.5, 0.6) is 0 Å². The molecule has 0 saturated heterocycles. The fourth-order valence-corrected chi connectivity index (χ4v) is 6.62. The lowest BCUT2D eigenvalue weighted by atomic mass is 9.95. The van der Waals surface area contributed by atoms with Gasteiger partial charge in [0.1, 0.15) is 0 Å². The topological polar surface area (TPSA) is 0 Å². The van der Waals surface area contributed by atoms with Crippen molar-refractivity contribution in [3.63, 3.8) is 0 Å². The molecule has 0 fully saturated rings. The van der Waals surface area contributed by atoms with Crippen LogP contribution < -0.4 is 0 Å². The first-order valence-electron chi connectivity index (χ1n) is 9.35. The number of aryl methyl sites for hydroxylation is 2. The van der Waals surface area contributed by atoms with Crippen molar-refractivity contribution >= 4 is 15.1 Å². The first-order chi connectivity index (χ1) is 11.5. The van der Waals surface area contributed by atoms with Crippen molar-refractivity contribution in [2.45, 2.75) is 58.4 Å². The van der Waals surface area contributed by atoms with E-state index < -0.39 is 0 Å². The van der Waals surface area contributed by atoms with Crippen molar-refractivity contribution in [3.8, 4) is 0 Å². The SMILES string of the molecule is CCCC1=C([SiH2]C2(C)C=CC=CC2)CC=C1c1cc(C)cc(C)c1. The zero-order valence-electron chi connectivity index (χ0n) is 15.7. The second kappa shape index (κ2) is 7.10. The van der Waals surface area contributed by atoms with Gasteiger partial charge in [0.2, 0.25) is 0 Å². The number of hydrogen-bond acceptors (Lipinski definition) is 0. The van der Waals surface area contributed by atoms with Gasteiger partial charge in [-0.05, 0) is 54.9 Å². The van der Waals surface area contributed by atoms with Crippen molar-refractivity contribution < 1.29 is 0 Å². The van der Waals surface area contributed by atoms with Crippen LogP contribution in [0.1, 0.15) is 56.2 Å². The largest absolute Gasteiger partial charge is 0.0840 e. The lowest BCUT2D eigenvalue weighted by Gasteiger charge is -2.27. The fourth-order valence-electron chi connectivity index (χ4n) is 4.21. The molecule has 0 amide bonds. The second-order valence-electron chi connectivity index (χ2n) is 7.85. The Morgan fingerprint density at radius 1 is 1.08 bits per heavy atom. The van der Waals surface area contributed by atoms with Crippen molar-refractivity contribution in [2.24, 2.45) is 0 Å². The van der Waals surface area contributed by atoms with Crippen LogP contribution in [0.4, 0.5) is 0 Å². The average molecular weight is 335 g/mol. The molecule has 1 unspecified atom stereocenters. The summed E-state index contributed by atoms with van der Waals surface area (Å²) in [7, 11) is -0.289. The molecular formula is C23H30Si.